The Kier molecular flexibility index (Phi) is 5.51. The highest BCUT2D eigenvalue weighted by Gasteiger charge is 2.24. The van der Waals surface area contributed by atoms with Crippen molar-refractivity contribution < 1.29 is 23.8 Å². The van der Waals surface area contributed by atoms with Gasteiger partial charge in [-0.15, -0.1) is 0 Å². The minimum Gasteiger partial charge on any atom is -0.504 e. The van der Waals surface area contributed by atoms with Crippen LogP contribution < -0.4 is 15.0 Å². The molecule has 6 nitrogen and oxygen atoms in total. The first kappa shape index (κ1) is 19.0. The number of carbonyl (C=O) groups is 1. The van der Waals surface area contributed by atoms with Gasteiger partial charge in [-0.3, -0.25) is 4.79 Å². The van der Waals surface area contributed by atoms with Crippen LogP contribution in [0.3, 0.4) is 0 Å². The van der Waals surface area contributed by atoms with Crippen LogP contribution in [0.4, 0.5) is 15.8 Å². The van der Waals surface area contributed by atoms with Crippen molar-refractivity contribution in [3.8, 4) is 11.5 Å². The Balaban J connectivity index is 1.77. The van der Waals surface area contributed by atoms with Crippen molar-refractivity contribution in [2.75, 3.05) is 30.4 Å². The summed E-state index contributed by atoms with van der Waals surface area (Å²) in [5.74, 6) is -1.04. The maximum atomic E-state index is 14.6. The number of carbonyl (C=O) groups excluding carboxylic acids is 1. The van der Waals surface area contributed by atoms with Crippen LogP contribution in [0.1, 0.15) is 24.2 Å². The molecule has 1 fully saturated rings. The molecule has 3 rings (SSSR count). The van der Waals surface area contributed by atoms with E-state index in [1.807, 2.05) is 18.7 Å². The third-order valence-electron chi connectivity index (χ3n) is 4.43. The number of halogens is 1. The third-order valence-corrected chi connectivity index (χ3v) is 4.43. The Morgan fingerprint density at radius 2 is 1.96 bits per heavy atom. The fourth-order valence-electron chi connectivity index (χ4n) is 3.28. The lowest BCUT2D eigenvalue weighted by atomic mass is 10.1. The zero-order valence-electron chi connectivity index (χ0n) is 15.5. The fraction of sp³-hybridized carbons (Fsp3) is 0.350. The molecule has 2 atom stereocenters. The van der Waals surface area contributed by atoms with Crippen molar-refractivity contribution >= 4 is 17.3 Å². The summed E-state index contributed by atoms with van der Waals surface area (Å²) in [5, 5.41) is 12.7. The number of phenolic OH excluding ortho intramolecular Hbond substituents is 1. The third kappa shape index (κ3) is 4.14. The summed E-state index contributed by atoms with van der Waals surface area (Å²) < 4.78 is 25.3. The van der Waals surface area contributed by atoms with Crippen molar-refractivity contribution in [2.45, 2.75) is 26.1 Å². The van der Waals surface area contributed by atoms with Crippen molar-refractivity contribution in [1.82, 2.24) is 0 Å². The molecule has 7 heteroatoms. The van der Waals surface area contributed by atoms with Gasteiger partial charge in [-0.1, -0.05) is 6.07 Å². The van der Waals surface area contributed by atoms with Crippen LogP contribution in [0.2, 0.25) is 0 Å². The van der Waals surface area contributed by atoms with Gasteiger partial charge in [-0.25, -0.2) is 4.39 Å². The molecule has 0 radical (unpaired) electrons. The number of ether oxygens (including phenoxy) is 2. The van der Waals surface area contributed by atoms with Crippen LogP contribution in [0, 0.1) is 5.82 Å². The van der Waals surface area contributed by atoms with Crippen LogP contribution in [-0.2, 0) is 4.74 Å². The first-order valence-corrected chi connectivity index (χ1v) is 8.76. The van der Waals surface area contributed by atoms with Crippen LogP contribution in [0.5, 0.6) is 11.5 Å². The van der Waals surface area contributed by atoms with Gasteiger partial charge in [0.25, 0.3) is 5.91 Å². The fourth-order valence-corrected chi connectivity index (χ4v) is 3.28. The second kappa shape index (κ2) is 7.84. The highest BCUT2D eigenvalue weighted by Crippen LogP contribution is 2.31. The maximum absolute atomic E-state index is 14.6. The predicted octanol–water partition coefficient (Wildman–Crippen LogP) is 3.41. The standard InChI is InChI=1S/C20H23FN2O4/c1-12-10-23(11-13(2)27-12)17-8-7-14(9-16(17)21)22-20(25)15-5-4-6-18(26-3)19(15)24/h4-9,12-13,24H,10-11H2,1-3H3,(H,22,25)/t12-,13+. The monoisotopic (exact) mass is 374 g/mol. The topological polar surface area (TPSA) is 71.0 Å². The molecular weight excluding hydrogens is 351 g/mol. The van der Waals surface area contributed by atoms with Crippen LogP contribution in [-0.4, -0.2) is 43.4 Å². The van der Waals surface area contributed by atoms with Crippen LogP contribution >= 0.6 is 0 Å². The molecular formula is C20H23FN2O4. The first-order chi connectivity index (χ1) is 12.9. The Bertz CT molecular complexity index is 833. The van der Waals surface area contributed by atoms with Gasteiger partial charge in [0, 0.05) is 18.8 Å². The zero-order chi connectivity index (χ0) is 19.6. The van der Waals surface area contributed by atoms with Crippen molar-refractivity contribution in [1.29, 1.82) is 0 Å². The van der Waals surface area contributed by atoms with Crippen molar-refractivity contribution in [3.63, 3.8) is 0 Å². The Morgan fingerprint density at radius 1 is 1.26 bits per heavy atom. The number of aromatic hydroxyl groups is 1. The average Bonchev–Trinajstić information content (AvgIpc) is 2.61. The van der Waals surface area contributed by atoms with E-state index in [1.165, 1.54) is 19.2 Å². The predicted molar refractivity (Wildman–Crippen MR) is 101 cm³/mol. The molecule has 27 heavy (non-hydrogen) atoms. The maximum Gasteiger partial charge on any atom is 0.259 e. The summed E-state index contributed by atoms with van der Waals surface area (Å²) in [7, 11) is 1.40. The largest absolute Gasteiger partial charge is 0.504 e. The SMILES string of the molecule is COc1cccc(C(=O)Nc2ccc(N3C[C@@H](C)O[C@@H](C)C3)c(F)c2)c1O. The molecule has 1 aliphatic heterocycles. The van der Waals surface area contributed by atoms with Crippen molar-refractivity contribution in [2.24, 2.45) is 0 Å². The van der Waals surface area contributed by atoms with Gasteiger partial charge in [0.2, 0.25) is 0 Å². The quantitative estimate of drug-likeness (QED) is 0.858. The van der Waals surface area contributed by atoms with E-state index in [0.717, 1.165) is 0 Å². The van der Waals surface area contributed by atoms with E-state index in [9.17, 15) is 14.3 Å². The second-order valence-electron chi connectivity index (χ2n) is 6.64. The molecule has 144 valence electrons. The number of amides is 1. The molecule has 1 saturated heterocycles. The normalized spacial score (nSPS) is 19.6. The molecule has 0 bridgehead atoms. The van der Waals surface area contributed by atoms with Gasteiger partial charge >= 0.3 is 0 Å². The van der Waals surface area contributed by atoms with E-state index in [-0.39, 0.29) is 29.3 Å². The lowest BCUT2D eigenvalue weighted by molar-refractivity contribution is -0.00539. The van der Waals surface area contributed by atoms with Crippen LogP contribution in [0.25, 0.3) is 0 Å². The molecule has 0 aromatic heterocycles. The number of hydrogen-bond acceptors (Lipinski definition) is 5. The Morgan fingerprint density at radius 3 is 2.59 bits per heavy atom. The number of phenols is 1. The lowest BCUT2D eigenvalue weighted by Gasteiger charge is -2.37. The van der Waals surface area contributed by atoms with Gasteiger partial charge in [-0.05, 0) is 44.2 Å². The molecule has 0 unspecified atom stereocenters. The lowest BCUT2D eigenvalue weighted by Crippen LogP contribution is -2.45. The summed E-state index contributed by atoms with van der Waals surface area (Å²) in [4.78, 5) is 14.3. The summed E-state index contributed by atoms with van der Waals surface area (Å²) in [6.45, 7) is 5.11. The highest BCUT2D eigenvalue weighted by atomic mass is 19.1. The number of rotatable bonds is 4. The number of morpholine rings is 1. The molecule has 2 aromatic rings. The van der Waals surface area contributed by atoms with Gasteiger partial charge in [0.15, 0.2) is 11.5 Å². The second-order valence-corrected chi connectivity index (χ2v) is 6.64. The highest BCUT2D eigenvalue weighted by molar-refractivity contribution is 6.06. The number of hydrogen-bond donors (Lipinski definition) is 2. The molecule has 0 saturated carbocycles. The average molecular weight is 374 g/mol. The smallest absolute Gasteiger partial charge is 0.259 e. The molecule has 1 aliphatic rings. The Labute approximate surface area is 157 Å². The zero-order valence-corrected chi connectivity index (χ0v) is 15.5. The van der Waals surface area contributed by atoms with Crippen molar-refractivity contribution in [3.05, 3.63) is 47.8 Å². The minimum atomic E-state index is -0.549. The molecule has 2 aromatic carbocycles. The molecule has 2 N–H and O–H groups in total. The van der Waals surface area contributed by atoms with E-state index < -0.39 is 11.7 Å². The van der Waals surface area contributed by atoms with Gasteiger partial charge in [0.05, 0.1) is 30.6 Å². The number of methoxy groups -OCH3 is 1. The number of para-hydroxylation sites is 1. The van der Waals surface area contributed by atoms with E-state index in [2.05, 4.69) is 5.32 Å². The first-order valence-electron chi connectivity index (χ1n) is 8.76. The number of benzene rings is 2. The van der Waals surface area contributed by atoms with Gasteiger partial charge in [0.1, 0.15) is 5.82 Å². The number of anilines is 2. The van der Waals surface area contributed by atoms with Gasteiger partial charge < -0.3 is 24.8 Å². The number of nitrogens with one attached hydrogen (secondary N) is 1. The molecule has 0 aliphatic carbocycles. The van der Waals surface area contributed by atoms with Gasteiger partial charge in [-0.2, -0.15) is 0 Å². The van der Waals surface area contributed by atoms with E-state index in [4.69, 9.17) is 9.47 Å². The summed E-state index contributed by atoms with van der Waals surface area (Å²) in [5.41, 5.74) is 0.826. The molecule has 0 spiro atoms. The number of nitrogens with zero attached hydrogens (tertiary/aromatic N) is 1. The summed E-state index contributed by atoms with van der Waals surface area (Å²) >= 11 is 0. The summed E-state index contributed by atoms with van der Waals surface area (Å²) in [6, 6.07) is 9.16. The van der Waals surface area contributed by atoms with E-state index >= 15 is 0 Å². The summed E-state index contributed by atoms with van der Waals surface area (Å²) in [6.07, 6.45) is 0.0344. The van der Waals surface area contributed by atoms with E-state index in [0.29, 0.717) is 24.5 Å². The molecule has 1 amide bonds. The molecule has 1 heterocycles. The van der Waals surface area contributed by atoms with E-state index in [1.54, 1.807) is 24.3 Å². The van der Waals surface area contributed by atoms with Crippen LogP contribution in [0.15, 0.2) is 36.4 Å². The minimum absolute atomic E-state index is 0.0172. The Hall–Kier alpha value is -2.80.